The van der Waals surface area contributed by atoms with E-state index in [1.54, 1.807) is 12.4 Å². The highest BCUT2D eigenvalue weighted by Gasteiger charge is 2.26. The molecule has 0 unspecified atom stereocenters. The van der Waals surface area contributed by atoms with Crippen molar-refractivity contribution in [3.63, 3.8) is 0 Å². The Balaban J connectivity index is 1.56. The van der Waals surface area contributed by atoms with Crippen LogP contribution in [0.3, 0.4) is 0 Å². The molecule has 0 spiro atoms. The van der Waals surface area contributed by atoms with E-state index < -0.39 is 0 Å². The van der Waals surface area contributed by atoms with Gasteiger partial charge in [-0.05, 0) is 38.5 Å². The molecule has 1 N–H and O–H groups in total. The fourth-order valence-electron chi connectivity index (χ4n) is 3.12. The van der Waals surface area contributed by atoms with Crippen molar-refractivity contribution in [3.8, 4) is 0 Å². The molecule has 6 heteroatoms. The lowest BCUT2D eigenvalue weighted by Crippen LogP contribution is -2.53. The molecule has 132 valence electrons. The van der Waals surface area contributed by atoms with Crippen molar-refractivity contribution < 1.29 is 4.79 Å². The molecule has 1 atom stereocenters. The van der Waals surface area contributed by atoms with E-state index in [0.29, 0.717) is 0 Å². The van der Waals surface area contributed by atoms with Crippen molar-refractivity contribution in [2.45, 2.75) is 26.8 Å². The van der Waals surface area contributed by atoms with E-state index >= 15 is 0 Å². The summed E-state index contributed by atoms with van der Waals surface area (Å²) in [6, 6.07) is 7.73. The maximum atomic E-state index is 12.6. The number of hydrogen-bond acceptors (Lipinski definition) is 5. The highest BCUT2D eigenvalue weighted by atomic mass is 16.2. The standard InChI is InChI=1S/C19H25N5O/c1-14-5-6-17(15(2)13-14)22-18(25)16(3)23-9-11-24(12-10-23)19-20-7-4-8-21-19/h4-8,13,16H,9-12H2,1-3H3,(H,22,25)/t16-/m0/s1. The second-order valence-electron chi connectivity index (χ2n) is 6.56. The number of carbonyl (C=O) groups excluding carboxylic acids is 1. The first-order valence-corrected chi connectivity index (χ1v) is 8.69. The molecule has 1 saturated heterocycles. The second kappa shape index (κ2) is 7.61. The molecule has 2 heterocycles. The molecule has 1 amide bonds. The van der Waals surface area contributed by atoms with E-state index in [1.807, 2.05) is 32.0 Å². The number of rotatable bonds is 4. The van der Waals surface area contributed by atoms with E-state index in [1.165, 1.54) is 5.56 Å². The minimum Gasteiger partial charge on any atom is -0.338 e. The Labute approximate surface area is 148 Å². The number of hydrogen-bond donors (Lipinski definition) is 1. The van der Waals surface area contributed by atoms with Gasteiger partial charge in [-0.1, -0.05) is 17.7 Å². The summed E-state index contributed by atoms with van der Waals surface area (Å²) in [7, 11) is 0. The minimum absolute atomic E-state index is 0.0383. The third kappa shape index (κ3) is 4.14. The van der Waals surface area contributed by atoms with Gasteiger partial charge >= 0.3 is 0 Å². The van der Waals surface area contributed by atoms with E-state index in [2.05, 4.69) is 38.1 Å². The Morgan fingerprint density at radius 1 is 1.12 bits per heavy atom. The number of benzene rings is 1. The average Bonchev–Trinajstić information content (AvgIpc) is 2.64. The van der Waals surface area contributed by atoms with E-state index in [0.717, 1.165) is 43.4 Å². The second-order valence-corrected chi connectivity index (χ2v) is 6.56. The smallest absolute Gasteiger partial charge is 0.241 e. The van der Waals surface area contributed by atoms with Crippen molar-refractivity contribution >= 4 is 17.5 Å². The molecule has 25 heavy (non-hydrogen) atoms. The van der Waals surface area contributed by atoms with Gasteiger partial charge in [0.1, 0.15) is 0 Å². The number of carbonyl (C=O) groups is 1. The lowest BCUT2D eigenvalue weighted by Gasteiger charge is -2.37. The van der Waals surface area contributed by atoms with E-state index in [-0.39, 0.29) is 11.9 Å². The molecule has 1 aromatic heterocycles. The van der Waals surface area contributed by atoms with Crippen LogP contribution in [0.2, 0.25) is 0 Å². The predicted molar refractivity (Wildman–Crippen MR) is 99.8 cm³/mol. The number of piperazine rings is 1. The van der Waals surface area contributed by atoms with Gasteiger partial charge in [-0.2, -0.15) is 0 Å². The summed E-state index contributed by atoms with van der Waals surface area (Å²) in [4.78, 5) is 25.6. The molecular weight excluding hydrogens is 314 g/mol. The highest BCUT2D eigenvalue weighted by molar-refractivity contribution is 5.95. The zero-order valence-corrected chi connectivity index (χ0v) is 15.1. The van der Waals surface area contributed by atoms with Crippen LogP contribution < -0.4 is 10.2 Å². The maximum absolute atomic E-state index is 12.6. The van der Waals surface area contributed by atoms with Crippen LogP contribution in [-0.4, -0.2) is 53.0 Å². The van der Waals surface area contributed by atoms with Crippen molar-refractivity contribution in [3.05, 3.63) is 47.8 Å². The van der Waals surface area contributed by atoms with Crippen molar-refractivity contribution in [2.75, 3.05) is 36.4 Å². The normalized spacial score (nSPS) is 16.5. The highest BCUT2D eigenvalue weighted by Crippen LogP contribution is 2.18. The first kappa shape index (κ1) is 17.4. The Morgan fingerprint density at radius 2 is 1.80 bits per heavy atom. The van der Waals surface area contributed by atoms with Crippen molar-refractivity contribution in [1.82, 2.24) is 14.9 Å². The Hall–Kier alpha value is -2.47. The minimum atomic E-state index is -0.167. The van der Waals surface area contributed by atoms with Crippen LogP contribution in [0.15, 0.2) is 36.7 Å². The van der Waals surface area contributed by atoms with Gasteiger partial charge in [0.25, 0.3) is 0 Å². The lowest BCUT2D eigenvalue weighted by molar-refractivity contribution is -0.120. The molecule has 0 saturated carbocycles. The van der Waals surface area contributed by atoms with Crippen LogP contribution in [0.4, 0.5) is 11.6 Å². The summed E-state index contributed by atoms with van der Waals surface area (Å²) in [5, 5.41) is 3.06. The van der Waals surface area contributed by atoms with Gasteiger partial charge in [-0.15, -0.1) is 0 Å². The van der Waals surface area contributed by atoms with Crippen molar-refractivity contribution in [1.29, 1.82) is 0 Å². The number of aryl methyl sites for hydroxylation is 2. The lowest BCUT2D eigenvalue weighted by atomic mass is 10.1. The molecule has 1 aliphatic rings. The molecule has 3 rings (SSSR count). The van der Waals surface area contributed by atoms with Gasteiger partial charge in [-0.25, -0.2) is 9.97 Å². The number of aromatic nitrogens is 2. The summed E-state index contributed by atoms with van der Waals surface area (Å²) < 4.78 is 0. The quantitative estimate of drug-likeness (QED) is 0.926. The molecule has 0 bridgehead atoms. The third-order valence-corrected chi connectivity index (χ3v) is 4.72. The van der Waals surface area contributed by atoms with Crippen LogP contribution in [-0.2, 0) is 4.79 Å². The van der Waals surface area contributed by atoms with E-state index in [9.17, 15) is 4.79 Å². The van der Waals surface area contributed by atoms with Gasteiger partial charge in [0.2, 0.25) is 11.9 Å². The molecule has 1 aromatic carbocycles. The van der Waals surface area contributed by atoms with Gasteiger partial charge in [0.05, 0.1) is 6.04 Å². The van der Waals surface area contributed by atoms with Crippen LogP contribution in [0.25, 0.3) is 0 Å². The first-order valence-electron chi connectivity index (χ1n) is 8.69. The number of amides is 1. The number of nitrogens with one attached hydrogen (secondary N) is 1. The van der Waals surface area contributed by atoms with Crippen molar-refractivity contribution in [2.24, 2.45) is 0 Å². The molecule has 2 aromatic rings. The fraction of sp³-hybridized carbons (Fsp3) is 0.421. The zero-order valence-electron chi connectivity index (χ0n) is 15.1. The summed E-state index contributed by atoms with van der Waals surface area (Å²) in [6.45, 7) is 9.33. The average molecular weight is 339 g/mol. The maximum Gasteiger partial charge on any atom is 0.241 e. The Kier molecular flexibility index (Phi) is 5.28. The SMILES string of the molecule is Cc1ccc(NC(=O)[C@H](C)N2CCN(c3ncccn3)CC2)c(C)c1. The third-order valence-electron chi connectivity index (χ3n) is 4.72. The molecule has 1 fully saturated rings. The van der Waals surface area contributed by atoms with Crippen LogP contribution in [0, 0.1) is 13.8 Å². The van der Waals surface area contributed by atoms with Crippen LogP contribution in [0.1, 0.15) is 18.1 Å². The fourth-order valence-corrected chi connectivity index (χ4v) is 3.12. The summed E-state index contributed by atoms with van der Waals surface area (Å²) >= 11 is 0. The Bertz CT molecular complexity index is 726. The number of nitrogens with zero attached hydrogens (tertiary/aromatic N) is 4. The molecular formula is C19H25N5O. The molecule has 0 radical (unpaired) electrons. The largest absolute Gasteiger partial charge is 0.338 e. The van der Waals surface area contributed by atoms with Gasteiger partial charge in [0, 0.05) is 44.3 Å². The zero-order chi connectivity index (χ0) is 17.8. The predicted octanol–water partition coefficient (Wildman–Crippen LogP) is 2.24. The Morgan fingerprint density at radius 3 is 2.44 bits per heavy atom. The van der Waals surface area contributed by atoms with Gasteiger partial charge in [-0.3, -0.25) is 9.69 Å². The molecule has 1 aliphatic heterocycles. The van der Waals surface area contributed by atoms with Gasteiger partial charge < -0.3 is 10.2 Å². The summed E-state index contributed by atoms with van der Waals surface area (Å²) in [5.74, 6) is 0.797. The van der Waals surface area contributed by atoms with Crippen LogP contribution >= 0.6 is 0 Å². The van der Waals surface area contributed by atoms with E-state index in [4.69, 9.17) is 0 Å². The molecule has 0 aliphatic carbocycles. The molecule has 6 nitrogen and oxygen atoms in total. The monoisotopic (exact) mass is 339 g/mol. The topological polar surface area (TPSA) is 61.4 Å². The first-order chi connectivity index (χ1) is 12.0. The summed E-state index contributed by atoms with van der Waals surface area (Å²) in [6.07, 6.45) is 3.52. The van der Waals surface area contributed by atoms with Crippen LogP contribution in [0.5, 0.6) is 0 Å². The summed E-state index contributed by atoms with van der Waals surface area (Å²) in [5.41, 5.74) is 3.17. The van der Waals surface area contributed by atoms with Gasteiger partial charge in [0.15, 0.2) is 0 Å². The number of anilines is 2.